The lowest BCUT2D eigenvalue weighted by atomic mass is 10.1. The lowest BCUT2D eigenvalue weighted by molar-refractivity contribution is 0.0726. The van der Waals surface area contributed by atoms with Crippen LogP contribution < -0.4 is 0 Å². The van der Waals surface area contributed by atoms with Crippen molar-refractivity contribution in [1.29, 1.82) is 0 Å². The molecule has 2 aromatic carbocycles. The fraction of sp³-hybridized carbons (Fsp3) is 0.235. The molecular weight excluding hydrogens is 272 g/mol. The predicted molar refractivity (Wildman–Crippen MR) is 81.3 cm³/mol. The first-order valence-corrected chi connectivity index (χ1v) is 7.01. The molecule has 0 aromatic heterocycles. The van der Waals surface area contributed by atoms with Crippen molar-refractivity contribution in [3.63, 3.8) is 0 Å². The Balaban J connectivity index is 1.87. The number of Topliss-reactive ketones (excluding diaryl/α,β-unsaturated/α-hetero) is 1. The molecule has 0 bridgehead atoms. The summed E-state index contributed by atoms with van der Waals surface area (Å²) in [5, 5.41) is 0.659. The van der Waals surface area contributed by atoms with E-state index < -0.39 is 0 Å². The summed E-state index contributed by atoms with van der Waals surface area (Å²) in [6.07, 6.45) is 0.970. The maximum atomic E-state index is 12.0. The van der Waals surface area contributed by atoms with Gasteiger partial charge >= 0.3 is 0 Å². The SMILES string of the molecule is CCc1ccc(C(=O)COCc2ccccc2Cl)cc1. The van der Waals surface area contributed by atoms with Gasteiger partial charge in [-0.05, 0) is 23.6 Å². The molecule has 0 fully saturated rings. The molecule has 0 aliphatic rings. The molecule has 0 heterocycles. The van der Waals surface area contributed by atoms with Crippen LogP contribution in [0.1, 0.15) is 28.4 Å². The van der Waals surface area contributed by atoms with Gasteiger partial charge in [0.15, 0.2) is 5.78 Å². The van der Waals surface area contributed by atoms with E-state index in [-0.39, 0.29) is 12.4 Å². The summed E-state index contributed by atoms with van der Waals surface area (Å²) in [5.74, 6) is -0.0142. The zero-order chi connectivity index (χ0) is 14.4. The first-order chi connectivity index (χ1) is 9.70. The Bertz CT molecular complexity index is 576. The molecule has 0 aliphatic heterocycles. The van der Waals surface area contributed by atoms with Crippen molar-refractivity contribution in [3.05, 3.63) is 70.2 Å². The smallest absolute Gasteiger partial charge is 0.188 e. The third kappa shape index (κ3) is 3.92. The predicted octanol–water partition coefficient (Wildman–Crippen LogP) is 4.30. The van der Waals surface area contributed by atoms with Gasteiger partial charge in [0.1, 0.15) is 6.61 Å². The van der Waals surface area contributed by atoms with Crippen molar-refractivity contribution >= 4 is 17.4 Å². The molecule has 0 amide bonds. The maximum Gasteiger partial charge on any atom is 0.188 e. The Hall–Kier alpha value is -1.64. The third-order valence-corrected chi connectivity index (χ3v) is 3.50. The summed E-state index contributed by atoms with van der Waals surface area (Å²) in [6.45, 7) is 2.50. The Morgan fingerprint density at radius 3 is 2.45 bits per heavy atom. The molecule has 2 rings (SSSR count). The number of halogens is 1. The lowest BCUT2D eigenvalue weighted by Gasteiger charge is -2.06. The second-order valence-corrected chi connectivity index (χ2v) is 4.97. The Morgan fingerprint density at radius 1 is 1.10 bits per heavy atom. The van der Waals surface area contributed by atoms with Gasteiger partial charge in [-0.15, -0.1) is 0 Å². The number of carbonyl (C=O) groups is 1. The topological polar surface area (TPSA) is 26.3 Å². The summed E-state index contributed by atoms with van der Waals surface area (Å²) in [7, 11) is 0. The van der Waals surface area contributed by atoms with Crippen LogP contribution in [0.25, 0.3) is 0 Å². The van der Waals surface area contributed by atoms with E-state index in [4.69, 9.17) is 16.3 Å². The minimum atomic E-state index is -0.0142. The van der Waals surface area contributed by atoms with Gasteiger partial charge in [-0.1, -0.05) is 61.0 Å². The summed E-state index contributed by atoms with van der Waals surface area (Å²) in [5.41, 5.74) is 2.79. The van der Waals surface area contributed by atoms with Gasteiger partial charge in [-0.2, -0.15) is 0 Å². The van der Waals surface area contributed by atoms with E-state index in [1.807, 2.05) is 48.5 Å². The Kier molecular flexibility index (Phi) is 5.33. The van der Waals surface area contributed by atoms with E-state index in [0.717, 1.165) is 12.0 Å². The van der Waals surface area contributed by atoms with E-state index in [2.05, 4.69) is 6.92 Å². The number of hydrogen-bond donors (Lipinski definition) is 0. The summed E-state index contributed by atoms with van der Waals surface area (Å²) >= 11 is 6.03. The average Bonchev–Trinajstić information content (AvgIpc) is 2.49. The summed E-state index contributed by atoms with van der Waals surface area (Å²) in [4.78, 5) is 12.0. The zero-order valence-corrected chi connectivity index (χ0v) is 12.2. The normalized spacial score (nSPS) is 10.5. The fourth-order valence-electron chi connectivity index (χ4n) is 1.88. The van der Waals surface area contributed by atoms with Crippen molar-refractivity contribution in [1.82, 2.24) is 0 Å². The van der Waals surface area contributed by atoms with Crippen LogP contribution >= 0.6 is 11.6 Å². The standard InChI is InChI=1S/C17H17ClO2/c1-2-13-7-9-14(10-8-13)17(19)12-20-11-15-5-3-4-6-16(15)18/h3-10H,2,11-12H2,1H3. The van der Waals surface area contributed by atoms with Gasteiger partial charge in [0.25, 0.3) is 0 Å². The number of benzene rings is 2. The van der Waals surface area contributed by atoms with Crippen LogP contribution in [0.2, 0.25) is 5.02 Å². The third-order valence-electron chi connectivity index (χ3n) is 3.13. The van der Waals surface area contributed by atoms with Crippen molar-refractivity contribution < 1.29 is 9.53 Å². The van der Waals surface area contributed by atoms with Gasteiger partial charge in [-0.25, -0.2) is 0 Å². The van der Waals surface area contributed by atoms with Crippen LogP contribution in [0.5, 0.6) is 0 Å². The van der Waals surface area contributed by atoms with Gasteiger partial charge in [0.05, 0.1) is 6.61 Å². The summed E-state index contributed by atoms with van der Waals surface area (Å²) in [6, 6.07) is 15.1. The highest BCUT2D eigenvalue weighted by molar-refractivity contribution is 6.31. The van der Waals surface area contributed by atoms with E-state index in [1.54, 1.807) is 0 Å². The fourth-order valence-corrected chi connectivity index (χ4v) is 2.07. The number of hydrogen-bond acceptors (Lipinski definition) is 2. The van der Waals surface area contributed by atoms with Crippen LogP contribution in [0.15, 0.2) is 48.5 Å². The molecule has 0 saturated heterocycles. The van der Waals surface area contributed by atoms with Gasteiger partial charge < -0.3 is 4.74 Å². The van der Waals surface area contributed by atoms with E-state index in [9.17, 15) is 4.79 Å². The van der Waals surface area contributed by atoms with E-state index >= 15 is 0 Å². The maximum absolute atomic E-state index is 12.0. The van der Waals surface area contributed by atoms with Crippen LogP contribution in [0.3, 0.4) is 0 Å². The second kappa shape index (κ2) is 7.22. The highest BCUT2D eigenvalue weighted by Crippen LogP contribution is 2.15. The highest BCUT2D eigenvalue weighted by atomic mass is 35.5. The van der Waals surface area contributed by atoms with Crippen LogP contribution in [0.4, 0.5) is 0 Å². The Labute approximate surface area is 124 Å². The molecule has 2 nitrogen and oxygen atoms in total. The molecule has 0 saturated carbocycles. The van der Waals surface area contributed by atoms with Crippen LogP contribution in [0, 0.1) is 0 Å². The van der Waals surface area contributed by atoms with Crippen molar-refractivity contribution in [2.45, 2.75) is 20.0 Å². The van der Waals surface area contributed by atoms with Gasteiger partial charge in [-0.3, -0.25) is 4.79 Å². The lowest BCUT2D eigenvalue weighted by Crippen LogP contribution is -2.09. The molecule has 0 atom stereocenters. The quantitative estimate of drug-likeness (QED) is 0.741. The molecule has 0 spiro atoms. The molecule has 0 N–H and O–H groups in total. The molecule has 2 aromatic rings. The number of aryl methyl sites for hydroxylation is 1. The molecule has 3 heteroatoms. The minimum absolute atomic E-state index is 0.0142. The zero-order valence-electron chi connectivity index (χ0n) is 11.4. The number of rotatable bonds is 6. The van der Waals surface area contributed by atoms with Crippen molar-refractivity contribution in [2.24, 2.45) is 0 Å². The highest BCUT2D eigenvalue weighted by Gasteiger charge is 2.06. The minimum Gasteiger partial charge on any atom is -0.369 e. The first-order valence-electron chi connectivity index (χ1n) is 6.64. The molecular formula is C17H17ClO2. The molecule has 20 heavy (non-hydrogen) atoms. The van der Waals surface area contributed by atoms with E-state index in [1.165, 1.54) is 5.56 Å². The second-order valence-electron chi connectivity index (χ2n) is 4.56. The molecule has 0 radical (unpaired) electrons. The molecule has 0 aliphatic carbocycles. The van der Waals surface area contributed by atoms with E-state index in [0.29, 0.717) is 17.2 Å². The van der Waals surface area contributed by atoms with Crippen LogP contribution in [-0.2, 0) is 17.8 Å². The number of ketones is 1. The van der Waals surface area contributed by atoms with Gasteiger partial charge in [0, 0.05) is 10.6 Å². The molecule has 104 valence electrons. The number of carbonyl (C=O) groups excluding carboxylic acids is 1. The first kappa shape index (κ1) is 14.8. The van der Waals surface area contributed by atoms with Crippen molar-refractivity contribution in [2.75, 3.05) is 6.61 Å². The van der Waals surface area contributed by atoms with Crippen LogP contribution in [-0.4, -0.2) is 12.4 Å². The average molecular weight is 289 g/mol. The number of ether oxygens (including phenoxy) is 1. The Morgan fingerprint density at radius 2 is 1.80 bits per heavy atom. The monoisotopic (exact) mass is 288 g/mol. The molecule has 0 unspecified atom stereocenters. The summed E-state index contributed by atoms with van der Waals surface area (Å²) < 4.78 is 5.44. The van der Waals surface area contributed by atoms with Gasteiger partial charge in [0.2, 0.25) is 0 Å². The largest absolute Gasteiger partial charge is 0.369 e. The van der Waals surface area contributed by atoms with Crippen molar-refractivity contribution in [3.8, 4) is 0 Å².